The lowest BCUT2D eigenvalue weighted by molar-refractivity contribution is -0.117. The number of nitrogens with zero attached hydrogens (tertiary/aromatic N) is 1. The number of hydrogen-bond acceptors (Lipinski definition) is 6. The van der Waals surface area contributed by atoms with Crippen molar-refractivity contribution in [2.75, 3.05) is 23.0 Å². The summed E-state index contributed by atoms with van der Waals surface area (Å²) in [6.45, 7) is 6.96. The molecule has 0 radical (unpaired) electrons. The zero-order chi connectivity index (χ0) is 25.0. The Morgan fingerprint density at radius 2 is 1.67 bits per heavy atom. The van der Waals surface area contributed by atoms with E-state index in [1.54, 1.807) is 45.0 Å². The van der Waals surface area contributed by atoms with Crippen LogP contribution >= 0.6 is 0 Å². The molecule has 33 heavy (non-hydrogen) atoms. The highest BCUT2D eigenvalue weighted by atomic mass is 32.2. The molecule has 0 aliphatic rings. The van der Waals surface area contributed by atoms with Gasteiger partial charge in [-0.15, -0.1) is 0 Å². The number of benzene rings is 2. The van der Waals surface area contributed by atoms with Gasteiger partial charge in [0.1, 0.15) is 11.8 Å². The standard InChI is InChI=1S/C22H31N3O6S2/c1-7-20(25(32(6,27)28)17-10-8-16(4)9-11-17)22(26)23-19-14-18(12-13-21(19)31-5)33(29,30)24-15(2)3/h8-15,20,24H,7H2,1-6H3,(H,23,26)/t20-/m0/s1. The Bertz CT molecular complexity index is 1190. The number of carbonyl (C=O) groups is 1. The van der Waals surface area contributed by atoms with Gasteiger partial charge in [-0.2, -0.15) is 0 Å². The second-order valence-electron chi connectivity index (χ2n) is 7.95. The molecule has 0 bridgehead atoms. The lowest BCUT2D eigenvalue weighted by atomic mass is 10.1. The van der Waals surface area contributed by atoms with Gasteiger partial charge in [-0.05, 0) is 57.5 Å². The van der Waals surface area contributed by atoms with E-state index in [9.17, 15) is 21.6 Å². The fraction of sp³-hybridized carbons (Fsp3) is 0.409. The normalized spacial score (nSPS) is 12.9. The molecule has 0 aliphatic carbocycles. The van der Waals surface area contributed by atoms with Crippen molar-refractivity contribution in [1.29, 1.82) is 0 Å². The third-order valence-electron chi connectivity index (χ3n) is 4.75. The van der Waals surface area contributed by atoms with Gasteiger partial charge in [-0.3, -0.25) is 9.10 Å². The van der Waals surface area contributed by atoms with Crippen LogP contribution in [0.5, 0.6) is 5.75 Å². The predicted molar refractivity (Wildman–Crippen MR) is 130 cm³/mol. The summed E-state index contributed by atoms with van der Waals surface area (Å²) in [6.07, 6.45) is 1.22. The van der Waals surface area contributed by atoms with Gasteiger partial charge in [0.05, 0.1) is 29.6 Å². The number of anilines is 2. The van der Waals surface area contributed by atoms with Crippen LogP contribution in [-0.2, 0) is 24.8 Å². The van der Waals surface area contributed by atoms with Gasteiger partial charge in [-0.25, -0.2) is 21.6 Å². The highest BCUT2D eigenvalue weighted by Gasteiger charge is 2.32. The van der Waals surface area contributed by atoms with Gasteiger partial charge in [0.25, 0.3) is 0 Å². The van der Waals surface area contributed by atoms with Crippen molar-refractivity contribution in [3.8, 4) is 5.75 Å². The summed E-state index contributed by atoms with van der Waals surface area (Å²) < 4.78 is 59.2. The van der Waals surface area contributed by atoms with Crippen molar-refractivity contribution in [3.05, 3.63) is 48.0 Å². The van der Waals surface area contributed by atoms with Gasteiger partial charge in [0, 0.05) is 6.04 Å². The van der Waals surface area contributed by atoms with Crippen molar-refractivity contribution in [3.63, 3.8) is 0 Å². The maximum Gasteiger partial charge on any atom is 0.248 e. The van der Waals surface area contributed by atoms with Crippen LogP contribution in [0.25, 0.3) is 0 Å². The minimum absolute atomic E-state index is 0.0566. The number of amides is 1. The summed E-state index contributed by atoms with van der Waals surface area (Å²) in [7, 11) is -6.24. The summed E-state index contributed by atoms with van der Waals surface area (Å²) in [5.41, 5.74) is 1.42. The van der Waals surface area contributed by atoms with Crippen molar-refractivity contribution in [1.82, 2.24) is 4.72 Å². The molecule has 1 atom stereocenters. The Balaban J connectivity index is 2.47. The van der Waals surface area contributed by atoms with Crippen LogP contribution in [0, 0.1) is 6.92 Å². The molecule has 0 aliphatic heterocycles. The van der Waals surface area contributed by atoms with Gasteiger partial charge < -0.3 is 10.1 Å². The van der Waals surface area contributed by atoms with E-state index in [2.05, 4.69) is 10.0 Å². The maximum absolute atomic E-state index is 13.2. The largest absolute Gasteiger partial charge is 0.495 e. The number of sulfonamides is 2. The molecule has 0 saturated carbocycles. The highest BCUT2D eigenvalue weighted by Crippen LogP contribution is 2.29. The van der Waals surface area contributed by atoms with Crippen LogP contribution in [0.3, 0.4) is 0 Å². The number of nitrogens with one attached hydrogen (secondary N) is 2. The molecular weight excluding hydrogens is 466 g/mol. The smallest absolute Gasteiger partial charge is 0.248 e. The number of hydrogen-bond donors (Lipinski definition) is 2. The van der Waals surface area contributed by atoms with E-state index < -0.39 is 32.0 Å². The average molecular weight is 498 g/mol. The van der Waals surface area contributed by atoms with Crippen molar-refractivity contribution >= 4 is 37.3 Å². The Labute approximate surface area is 196 Å². The summed E-state index contributed by atoms with van der Waals surface area (Å²) in [6, 6.07) is 9.49. The molecule has 0 aromatic heterocycles. The van der Waals surface area contributed by atoms with Crippen LogP contribution in [0.1, 0.15) is 32.8 Å². The zero-order valence-corrected chi connectivity index (χ0v) is 21.2. The number of aryl methyl sites for hydroxylation is 1. The average Bonchev–Trinajstić information content (AvgIpc) is 2.70. The molecule has 182 valence electrons. The Hall–Kier alpha value is -2.63. The number of ether oxygens (including phenoxy) is 1. The fourth-order valence-corrected chi connectivity index (χ4v) is 5.79. The first-order valence-corrected chi connectivity index (χ1v) is 13.7. The zero-order valence-electron chi connectivity index (χ0n) is 19.6. The van der Waals surface area contributed by atoms with E-state index in [1.807, 2.05) is 6.92 Å². The fourth-order valence-electron chi connectivity index (χ4n) is 3.30. The molecule has 2 rings (SSSR count). The minimum atomic E-state index is -3.82. The van der Waals surface area contributed by atoms with Gasteiger partial charge in [-0.1, -0.05) is 24.6 Å². The topological polar surface area (TPSA) is 122 Å². The van der Waals surface area contributed by atoms with Crippen molar-refractivity contribution < 1.29 is 26.4 Å². The van der Waals surface area contributed by atoms with Crippen LogP contribution < -0.4 is 19.1 Å². The monoisotopic (exact) mass is 497 g/mol. The lowest BCUT2D eigenvalue weighted by Crippen LogP contribution is -2.47. The first-order chi connectivity index (χ1) is 15.3. The molecule has 1 amide bonds. The Morgan fingerprint density at radius 1 is 1.06 bits per heavy atom. The molecule has 11 heteroatoms. The molecule has 0 fully saturated rings. The van der Waals surface area contributed by atoms with Crippen LogP contribution in [-0.4, -0.2) is 48.2 Å². The van der Waals surface area contributed by atoms with Crippen molar-refractivity contribution in [2.24, 2.45) is 0 Å². The van der Waals surface area contributed by atoms with E-state index in [-0.39, 0.29) is 28.8 Å². The van der Waals surface area contributed by atoms with E-state index in [1.165, 1.54) is 25.3 Å². The molecule has 9 nitrogen and oxygen atoms in total. The maximum atomic E-state index is 13.2. The number of methoxy groups -OCH3 is 1. The molecule has 2 aromatic rings. The second kappa shape index (κ2) is 10.5. The molecule has 0 saturated heterocycles. The molecule has 0 spiro atoms. The summed E-state index contributed by atoms with van der Waals surface area (Å²) in [5.74, 6) is -0.379. The molecule has 0 unspecified atom stereocenters. The van der Waals surface area contributed by atoms with Gasteiger partial charge >= 0.3 is 0 Å². The molecule has 0 heterocycles. The van der Waals surface area contributed by atoms with Gasteiger partial charge in [0.15, 0.2) is 0 Å². The van der Waals surface area contributed by atoms with Crippen molar-refractivity contribution in [2.45, 2.75) is 51.1 Å². The SMILES string of the molecule is CC[C@@H](C(=O)Nc1cc(S(=O)(=O)NC(C)C)ccc1OC)N(c1ccc(C)cc1)S(C)(=O)=O. The summed E-state index contributed by atoms with van der Waals surface area (Å²) in [5, 5.41) is 2.65. The van der Waals surface area contributed by atoms with Crippen LogP contribution in [0.15, 0.2) is 47.4 Å². The van der Waals surface area contributed by atoms with Gasteiger partial charge in [0.2, 0.25) is 26.0 Å². The van der Waals surface area contributed by atoms with E-state index in [0.29, 0.717) is 5.69 Å². The molecule has 2 N–H and O–H groups in total. The van der Waals surface area contributed by atoms with Crippen LogP contribution in [0.4, 0.5) is 11.4 Å². The first-order valence-electron chi connectivity index (χ1n) is 10.4. The number of rotatable bonds is 10. The second-order valence-corrected chi connectivity index (χ2v) is 11.5. The first kappa shape index (κ1) is 26.6. The molecule has 2 aromatic carbocycles. The van der Waals surface area contributed by atoms with E-state index >= 15 is 0 Å². The predicted octanol–water partition coefficient (Wildman–Crippen LogP) is 2.87. The minimum Gasteiger partial charge on any atom is -0.495 e. The van der Waals surface area contributed by atoms with Crippen LogP contribution in [0.2, 0.25) is 0 Å². The summed E-state index contributed by atoms with van der Waals surface area (Å²) >= 11 is 0. The summed E-state index contributed by atoms with van der Waals surface area (Å²) in [4.78, 5) is 13.2. The number of carbonyl (C=O) groups excluding carboxylic acids is 1. The third-order valence-corrected chi connectivity index (χ3v) is 7.58. The Kier molecular flexibility index (Phi) is 8.50. The third kappa shape index (κ3) is 6.68. The molecular formula is C22H31N3O6S2. The highest BCUT2D eigenvalue weighted by molar-refractivity contribution is 7.92. The lowest BCUT2D eigenvalue weighted by Gasteiger charge is -2.30. The quantitative estimate of drug-likeness (QED) is 0.521. The van der Waals surface area contributed by atoms with E-state index in [4.69, 9.17) is 4.74 Å². The Morgan fingerprint density at radius 3 is 2.15 bits per heavy atom. The van der Waals surface area contributed by atoms with E-state index in [0.717, 1.165) is 16.1 Å².